The number of carbonyl (C=O) groups is 1. The van der Waals surface area contributed by atoms with E-state index < -0.39 is 0 Å². The molecule has 5 rings (SSSR count). The molecule has 1 N–H and O–H groups in total. The Morgan fingerprint density at radius 3 is 2.83 bits per heavy atom. The normalized spacial score (nSPS) is 17.2. The van der Waals surface area contributed by atoms with Gasteiger partial charge in [-0.1, -0.05) is 23.4 Å². The molecule has 180 valence electrons. The summed E-state index contributed by atoms with van der Waals surface area (Å²) in [6, 6.07) is 13.5. The molecule has 0 spiro atoms. The Kier molecular flexibility index (Phi) is 6.41. The number of nitriles is 1. The molecule has 3 aromatic rings. The van der Waals surface area contributed by atoms with Crippen LogP contribution in [0.1, 0.15) is 62.3 Å². The van der Waals surface area contributed by atoms with Crippen LogP contribution in [0.25, 0.3) is 22.8 Å². The Labute approximate surface area is 204 Å². The van der Waals surface area contributed by atoms with E-state index >= 15 is 0 Å². The Hall–Kier alpha value is -3.86. The van der Waals surface area contributed by atoms with Crippen LogP contribution in [0.4, 0.5) is 4.79 Å². The average Bonchev–Trinajstić information content (AvgIpc) is 3.57. The molecule has 0 bridgehead atoms. The van der Waals surface area contributed by atoms with Gasteiger partial charge in [0.15, 0.2) is 0 Å². The minimum absolute atomic E-state index is 0.0193. The summed E-state index contributed by atoms with van der Waals surface area (Å²) in [5.41, 5.74) is 4.27. The molecule has 1 aromatic heterocycles. The molecule has 2 aliphatic rings. The molecule has 1 aliphatic carbocycles. The molecule has 2 amide bonds. The first kappa shape index (κ1) is 22.9. The average molecular weight is 472 g/mol. The lowest BCUT2D eigenvalue weighted by Crippen LogP contribution is -2.40. The topological polar surface area (TPSA) is 104 Å². The molecule has 8 heteroatoms. The number of hydrogen-bond acceptors (Lipinski definition) is 6. The zero-order valence-corrected chi connectivity index (χ0v) is 20.1. The van der Waals surface area contributed by atoms with E-state index in [0.29, 0.717) is 28.6 Å². The molecule has 1 saturated heterocycles. The quantitative estimate of drug-likeness (QED) is 0.545. The lowest BCUT2D eigenvalue weighted by atomic mass is 9.84. The number of fused-ring (bicyclic) bond motifs is 1. The summed E-state index contributed by atoms with van der Waals surface area (Å²) in [6.07, 6.45) is 4.89. The fourth-order valence-corrected chi connectivity index (χ4v) is 4.93. The minimum atomic E-state index is -0.0313. The third-order valence-corrected chi connectivity index (χ3v) is 6.57. The molecule has 0 radical (unpaired) electrons. The van der Waals surface area contributed by atoms with Crippen LogP contribution in [-0.2, 0) is 6.42 Å². The second-order valence-corrected chi connectivity index (χ2v) is 9.37. The van der Waals surface area contributed by atoms with Crippen LogP contribution in [0, 0.1) is 11.3 Å². The van der Waals surface area contributed by atoms with Crippen LogP contribution in [0.5, 0.6) is 5.75 Å². The molecule has 2 aromatic carbocycles. The van der Waals surface area contributed by atoms with Crippen molar-refractivity contribution in [2.24, 2.45) is 0 Å². The summed E-state index contributed by atoms with van der Waals surface area (Å²) >= 11 is 0. The Morgan fingerprint density at radius 2 is 2.06 bits per heavy atom. The number of benzene rings is 2. The summed E-state index contributed by atoms with van der Waals surface area (Å²) in [6.45, 7) is 5.49. The molecule has 35 heavy (non-hydrogen) atoms. The summed E-state index contributed by atoms with van der Waals surface area (Å²) in [7, 11) is 0. The van der Waals surface area contributed by atoms with E-state index in [0.717, 1.165) is 61.9 Å². The predicted molar refractivity (Wildman–Crippen MR) is 131 cm³/mol. The number of carbonyl (C=O) groups excluding carboxylic acids is 1. The number of urea groups is 1. The highest BCUT2D eigenvalue weighted by Gasteiger charge is 2.28. The SMILES string of the molecule is CC(C)Oc1ccc(-c2nc(-c3cccc4c3CCC[C@H]4NC(=O)N3CCCC3)no2)cc1C#N. The fourth-order valence-electron chi connectivity index (χ4n) is 4.93. The van der Waals surface area contributed by atoms with Crippen molar-refractivity contribution in [1.82, 2.24) is 20.4 Å². The summed E-state index contributed by atoms with van der Waals surface area (Å²) < 4.78 is 11.3. The van der Waals surface area contributed by atoms with Crippen molar-refractivity contribution < 1.29 is 14.1 Å². The number of nitrogens with zero attached hydrogens (tertiary/aromatic N) is 4. The monoisotopic (exact) mass is 471 g/mol. The van der Waals surface area contributed by atoms with E-state index in [2.05, 4.69) is 27.6 Å². The van der Waals surface area contributed by atoms with Gasteiger partial charge in [0.05, 0.1) is 17.7 Å². The lowest BCUT2D eigenvalue weighted by Gasteiger charge is -2.29. The zero-order valence-electron chi connectivity index (χ0n) is 20.1. The number of nitrogens with one attached hydrogen (secondary N) is 1. The largest absolute Gasteiger partial charge is 0.490 e. The Bertz CT molecular complexity index is 1270. The van der Waals surface area contributed by atoms with E-state index in [-0.39, 0.29) is 18.2 Å². The Morgan fingerprint density at radius 1 is 1.23 bits per heavy atom. The van der Waals surface area contributed by atoms with Crippen LogP contribution in [-0.4, -0.2) is 40.3 Å². The first-order valence-corrected chi connectivity index (χ1v) is 12.3. The second-order valence-electron chi connectivity index (χ2n) is 9.37. The number of hydrogen-bond donors (Lipinski definition) is 1. The fraction of sp³-hybridized carbons (Fsp3) is 0.407. The summed E-state index contributed by atoms with van der Waals surface area (Å²) in [5, 5.41) is 17.0. The van der Waals surface area contributed by atoms with Gasteiger partial charge in [0.2, 0.25) is 5.82 Å². The first-order chi connectivity index (χ1) is 17.0. The van der Waals surface area contributed by atoms with Crippen LogP contribution in [0.2, 0.25) is 0 Å². The Balaban J connectivity index is 1.41. The van der Waals surface area contributed by atoms with Crippen molar-refractivity contribution in [3.8, 4) is 34.7 Å². The predicted octanol–water partition coefficient (Wildman–Crippen LogP) is 5.25. The number of ether oxygens (including phenoxy) is 1. The molecular weight excluding hydrogens is 442 g/mol. The zero-order chi connectivity index (χ0) is 24.4. The summed E-state index contributed by atoms with van der Waals surface area (Å²) in [4.78, 5) is 19.3. The number of aromatic nitrogens is 2. The van der Waals surface area contributed by atoms with Crippen molar-refractivity contribution in [1.29, 1.82) is 5.26 Å². The van der Waals surface area contributed by atoms with Gasteiger partial charge in [0.1, 0.15) is 11.8 Å². The molecule has 1 fully saturated rings. The molecule has 1 atom stereocenters. The molecular formula is C27H29N5O3. The van der Waals surface area contributed by atoms with E-state index in [1.165, 1.54) is 0 Å². The molecule has 1 aliphatic heterocycles. The maximum Gasteiger partial charge on any atom is 0.317 e. The number of amides is 2. The van der Waals surface area contributed by atoms with Gasteiger partial charge in [0.25, 0.3) is 5.89 Å². The molecule has 8 nitrogen and oxygen atoms in total. The van der Waals surface area contributed by atoms with E-state index in [1.54, 1.807) is 12.1 Å². The standard InChI is InChI=1S/C27H29N5O3/c1-17(2)34-24-12-11-18(15-19(24)16-28)26-30-25(31-35-26)22-9-5-8-21-20(22)7-6-10-23(21)29-27(33)32-13-3-4-14-32/h5,8-9,11-12,15,17,23H,3-4,6-7,10,13-14H2,1-2H3,(H,29,33)/t23-/m1/s1. The van der Waals surface area contributed by atoms with Crippen molar-refractivity contribution in [3.63, 3.8) is 0 Å². The molecule has 0 unspecified atom stereocenters. The second kappa shape index (κ2) is 9.79. The maximum absolute atomic E-state index is 12.7. The van der Waals surface area contributed by atoms with Gasteiger partial charge in [-0.2, -0.15) is 10.2 Å². The van der Waals surface area contributed by atoms with Gasteiger partial charge in [-0.25, -0.2) is 4.79 Å². The summed E-state index contributed by atoms with van der Waals surface area (Å²) in [5.74, 6) is 1.38. The van der Waals surface area contributed by atoms with Gasteiger partial charge in [-0.3, -0.25) is 0 Å². The molecule has 2 heterocycles. The minimum Gasteiger partial charge on any atom is -0.490 e. The highest BCUT2D eigenvalue weighted by molar-refractivity contribution is 5.75. The number of likely N-dealkylation sites (tertiary alicyclic amines) is 1. The van der Waals surface area contributed by atoms with Gasteiger partial charge in [0, 0.05) is 24.2 Å². The first-order valence-electron chi connectivity index (χ1n) is 12.3. The highest BCUT2D eigenvalue weighted by atomic mass is 16.5. The van der Waals surface area contributed by atoms with Crippen molar-refractivity contribution in [2.45, 2.75) is 58.1 Å². The third-order valence-electron chi connectivity index (χ3n) is 6.57. The highest BCUT2D eigenvalue weighted by Crippen LogP contribution is 2.36. The van der Waals surface area contributed by atoms with Crippen molar-refractivity contribution in [2.75, 3.05) is 13.1 Å². The van der Waals surface area contributed by atoms with E-state index in [1.807, 2.05) is 36.9 Å². The lowest BCUT2D eigenvalue weighted by molar-refractivity contribution is 0.203. The van der Waals surface area contributed by atoms with Gasteiger partial charge in [-0.15, -0.1) is 0 Å². The van der Waals surface area contributed by atoms with Crippen molar-refractivity contribution in [3.05, 3.63) is 53.1 Å². The van der Waals surface area contributed by atoms with Crippen LogP contribution in [0.3, 0.4) is 0 Å². The number of rotatable bonds is 5. The molecule has 0 saturated carbocycles. The smallest absolute Gasteiger partial charge is 0.317 e. The maximum atomic E-state index is 12.7. The van der Waals surface area contributed by atoms with Crippen molar-refractivity contribution >= 4 is 6.03 Å². The van der Waals surface area contributed by atoms with Crippen LogP contribution in [0.15, 0.2) is 40.9 Å². The third kappa shape index (κ3) is 4.72. The van der Waals surface area contributed by atoms with Gasteiger partial charge < -0.3 is 19.5 Å². The van der Waals surface area contributed by atoms with Gasteiger partial charge >= 0.3 is 6.03 Å². The van der Waals surface area contributed by atoms with E-state index in [9.17, 15) is 10.1 Å². The van der Waals surface area contributed by atoms with Crippen LogP contribution >= 0.6 is 0 Å². The van der Waals surface area contributed by atoms with Gasteiger partial charge in [-0.05, 0) is 75.3 Å². The van der Waals surface area contributed by atoms with E-state index in [4.69, 9.17) is 9.26 Å². The van der Waals surface area contributed by atoms with Crippen LogP contribution < -0.4 is 10.1 Å².